The summed E-state index contributed by atoms with van der Waals surface area (Å²) in [5.74, 6) is -1.41. The highest BCUT2D eigenvalue weighted by molar-refractivity contribution is 5.92. The van der Waals surface area contributed by atoms with E-state index in [0.29, 0.717) is 24.9 Å². The zero-order valence-corrected chi connectivity index (χ0v) is 26.8. The van der Waals surface area contributed by atoms with Crippen LogP contribution in [0.15, 0.2) is 30.8 Å². The molecule has 0 bridgehead atoms. The highest BCUT2D eigenvalue weighted by atomic mass is 16.6. The maximum Gasteiger partial charge on any atom is 0.408 e. The maximum atomic E-state index is 14.4. The van der Waals surface area contributed by atoms with Gasteiger partial charge in [0.05, 0.1) is 13.0 Å². The monoisotopic (exact) mass is 587 g/mol. The Kier molecular flexibility index (Phi) is 16.5. The fourth-order valence-corrected chi connectivity index (χ4v) is 4.50. The lowest BCUT2D eigenvalue weighted by Crippen LogP contribution is -2.55. The van der Waals surface area contributed by atoms with E-state index in [1.54, 1.807) is 44.7 Å². The first kappa shape index (κ1) is 36.7. The lowest BCUT2D eigenvalue weighted by molar-refractivity contribution is -0.145. The van der Waals surface area contributed by atoms with Crippen molar-refractivity contribution in [2.24, 2.45) is 5.92 Å². The van der Waals surface area contributed by atoms with Gasteiger partial charge in [0, 0.05) is 13.1 Å². The number of nitrogens with zero attached hydrogens (tertiary/aromatic N) is 1. The summed E-state index contributed by atoms with van der Waals surface area (Å²) in [5, 5.41) is 5.63. The van der Waals surface area contributed by atoms with Crippen LogP contribution >= 0.6 is 0 Å². The molecule has 1 aromatic carbocycles. The highest BCUT2D eigenvalue weighted by Crippen LogP contribution is 2.26. The molecule has 0 aliphatic carbocycles. The van der Waals surface area contributed by atoms with Crippen LogP contribution in [-0.2, 0) is 23.9 Å². The van der Waals surface area contributed by atoms with Gasteiger partial charge < -0.3 is 25.0 Å². The number of benzene rings is 1. The van der Waals surface area contributed by atoms with Gasteiger partial charge in [-0.05, 0) is 57.2 Å². The maximum absolute atomic E-state index is 14.4. The Morgan fingerprint density at radius 3 is 2.33 bits per heavy atom. The Balaban J connectivity index is 3.52. The smallest absolute Gasteiger partial charge is 0.408 e. The first-order chi connectivity index (χ1) is 19.9. The number of esters is 1. The number of nitrogens with one attached hydrogen (secondary N) is 2. The number of rotatable bonds is 18. The van der Waals surface area contributed by atoms with Crippen molar-refractivity contribution in [3.63, 3.8) is 0 Å². The van der Waals surface area contributed by atoms with Gasteiger partial charge in [0.25, 0.3) is 0 Å². The van der Waals surface area contributed by atoms with E-state index >= 15 is 0 Å². The number of unbranched alkanes of at least 4 members (excludes halogenated alkanes) is 4. The fraction of sp³-hybridized carbons (Fsp3) is 0.636. The quantitative estimate of drug-likeness (QED) is 0.157. The van der Waals surface area contributed by atoms with Crippen LogP contribution < -0.4 is 10.6 Å². The molecule has 0 heterocycles. The lowest BCUT2D eigenvalue weighted by Gasteiger charge is -2.36. The van der Waals surface area contributed by atoms with Crippen LogP contribution in [0.3, 0.4) is 0 Å². The van der Waals surface area contributed by atoms with E-state index in [1.165, 1.54) is 0 Å². The fourth-order valence-electron chi connectivity index (χ4n) is 4.50. The second-order valence-corrected chi connectivity index (χ2v) is 11.6. The largest absolute Gasteiger partial charge is 0.466 e. The molecule has 2 N–H and O–H groups in total. The summed E-state index contributed by atoms with van der Waals surface area (Å²) in [7, 11) is 0. The third-order valence-electron chi connectivity index (χ3n) is 6.89. The number of hydrogen-bond donors (Lipinski definition) is 2. The molecule has 3 atom stereocenters. The normalized spacial score (nSPS) is 13.3. The molecule has 0 aliphatic rings. The van der Waals surface area contributed by atoms with Crippen molar-refractivity contribution in [2.45, 2.75) is 111 Å². The van der Waals surface area contributed by atoms with Crippen molar-refractivity contribution < 1.29 is 28.7 Å². The predicted molar refractivity (Wildman–Crippen MR) is 167 cm³/mol. The molecule has 0 aromatic heterocycles. The molecule has 3 unspecified atom stereocenters. The third-order valence-corrected chi connectivity index (χ3v) is 6.89. The van der Waals surface area contributed by atoms with Crippen LogP contribution in [0.2, 0.25) is 0 Å². The highest BCUT2D eigenvalue weighted by Gasteiger charge is 2.38. The summed E-state index contributed by atoms with van der Waals surface area (Å²) < 4.78 is 10.5. The van der Waals surface area contributed by atoms with Crippen LogP contribution in [0, 0.1) is 5.92 Å². The van der Waals surface area contributed by atoms with Crippen molar-refractivity contribution in [3.05, 3.63) is 42.0 Å². The topological polar surface area (TPSA) is 114 Å². The SMILES string of the molecule is C=Cc1cccc(C(C(=O)NCCC(=O)OCC)N(CCCCCCC)C(=O)C(NC(=O)OC(C)(C)C)C(C)CC)c1. The van der Waals surface area contributed by atoms with Gasteiger partial charge in [0.1, 0.15) is 17.7 Å². The molecular formula is C33H53N3O6. The number of carbonyl (C=O) groups is 4. The van der Waals surface area contributed by atoms with E-state index in [9.17, 15) is 19.2 Å². The van der Waals surface area contributed by atoms with Gasteiger partial charge >= 0.3 is 12.1 Å². The molecule has 1 aromatic rings. The zero-order valence-electron chi connectivity index (χ0n) is 26.8. The second-order valence-electron chi connectivity index (χ2n) is 11.6. The van der Waals surface area contributed by atoms with Crippen molar-refractivity contribution in [1.29, 1.82) is 0 Å². The van der Waals surface area contributed by atoms with Crippen molar-refractivity contribution in [2.75, 3.05) is 19.7 Å². The molecule has 0 radical (unpaired) electrons. The molecule has 0 aliphatic heterocycles. The van der Waals surface area contributed by atoms with Gasteiger partial charge in [-0.2, -0.15) is 0 Å². The first-order valence-electron chi connectivity index (χ1n) is 15.3. The molecular weight excluding hydrogens is 534 g/mol. The van der Waals surface area contributed by atoms with E-state index in [1.807, 2.05) is 32.0 Å². The Labute approximate surface area is 252 Å². The molecule has 3 amide bonds. The van der Waals surface area contributed by atoms with Crippen LogP contribution in [0.4, 0.5) is 4.79 Å². The van der Waals surface area contributed by atoms with Gasteiger partial charge in [-0.15, -0.1) is 0 Å². The Hall–Kier alpha value is -3.36. The average Bonchev–Trinajstić information content (AvgIpc) is 2.93. The van der Waals surface area contributed by atoms with Crippen molar-refractivity contribution in [1.82, 2.24) is 15.5 Å². The summed E-state index contributed by atoms with van der Waals surface area (Å²) in [5.41, 5.74) is 0.680. The molecule has 42 heavy (non-hydrogen) atoms. The van der Waals surface area contributed by atoms with Gasteiger partial charge in [0.2, 0.25) is 11.8 Å². The third kappa shape index (κ3) is 13.1. The van der Waals surface area contributed by atoms with Gasteiger partial charge in [-0.25, -0.2) is 4.79 Å². The standard InChI is InChI=1S/C33H53N3O6/c1-9-13-14-15-16-22-36(31(39)28(24(5)10-2)35-32(40)42-33(6,7)8)29(26-19-17-18-25(11-3)23-26)30(38)34-21-20-27(37)41-12-4/h11,17-19,23-24,28-29H,3,9-10,12-16,20-22H2,1-2,4-8H3,(H,34,38)(H,35,40). The molecule has 9 heteroatoms. The lowest BCUT2D eigenvalue weighted by atomic mass is 9.95. The molecule has 0 saturated carbocycles. The molecule has 0 fully saturated rings. The summed E-state index contributed by atoms with van der Waals surface area (Å²) in [6.45, 7) is 17.5. The number of hydrogen-bond acceptors (Lipinski definition) is 6. The Morgan fingerprint density at radius 2 is 1.74 bits per heavy atom. The molecule has 236 valence electrons. The zero-order chi connectivity index (χ0) is 31.7. The van der Waals surface area contributed by atoms with Crippen molar-refractivity contribution >= 4 is 30.0 Å². The average molecular weight is 588 g/mol. The van der Waals surface area contributed by atoms with Gasteiger partial charge in [-0.3, -0.25) is 14.4 Å². The minimum absolute atomic E-state index is 0.0135. The molecule has 0 saturated heterocycles. The molecule has 1 rings (SSSR count). The summed E-state index contributed by atoms with van der Waals surface area (Å²) in [4.78, 5) is 54.5. The first-order valence-corrected chi connectivity index (χ1v) is 15.3. The van der Waals surface area contributed by atoms with E-state index < -0.39 is 35.7 Å². The van der Waals surface area contributed by atoms with Gasteiger partial charge in [-0.1, -0.05) is 83.7 Å². The van der Waals surface area contributed by atoms with E-state index in [0.717, 1.165) is 31.2 Å². The summed E-state index contributed by atoms with van der Waals surface area (Å²) >= 11 is 0. The predicted octanol–water partition coefficient (Wildman–Crippen LogP) is 6.18. The summed E-state index contributed by atoms with van der Waals surface area (Å²) in [6.07, 6.45) is 6.41. The molecule has 9 nitrogen and oxygen atoms in total. The minimum Gasteiger partial charge on any atom is -0.466 e. The number of carbonyl (C=O) groups excluding carboxylic acids is 4. The van der Waals surface area contributed by atoms with Gasteiger partial charge in [0.15, 0.2) is 0 Å². The van der Waals surface area contributed by atoms with Crippen LogP contribution in [-0.4, -0.2) is 60.1 Å². The molecule has 0 spiro atoms. The number of amides is 3. The van der Waals surface area contributed by atoms with E-state index in [-0.39, 0.29) is 31.4 Å². The van der Waals surface area contributed by atoms with E-state index in [2.05, 4.69) is 24.1 Å². The van der Waals surface area contributed by atoms with Crippen molar-refractivity contribution in [3.8, 4) is 0 Å². The minimum atomic E-state index is -0.988. The van der Waals surface area contributed by atoms with E-state index in [4.69, 9.17) is 9.47 Å². The Bertz CT molecular complexity index is 1020. The van der Waals surface area contributed by atoms with Crippen LogP contribution in [0.25, 0.3) is 6.08 Å². The summed E-state index contributed by atoms with van der Waals surface area (Å²) in [6, 6.07) is 5.43. The van der Waals surface area contributed by atoms with Crippen LogP contribution in [0.5, 0.6) is 0 Å². The Morgan fingerprint density at radius 1 is 1.05 bits per heavy atom. The van der Waals surface area contributed by atoms with Crippen LogP contribution in [0.1, 0.15) is 111 Å². The number of alkyl carbamates (subject to hydrolysis) is 1. The second kappa shape index (κ2) is 18.9. The number of ether oxygens (including phenoxy) is 2.